The predicted octanol–water partition coefficient (Wildman–Crippen LogP) is 0.552. The average molecular weight is 270 g/mol. The summed E-state index contributed by atoms with van der Waals surface area (Å²) in [5.41, 5.74) is 1.50. The van der Waals surface area contributed by atoms with Crippen molar-refractivity contribution in [3.8, 4) is 0 Å². The van der Waals surface area contributed by atoms with Crippen LogP contribution in [-0.2, 0) is 0 Å². The molecule has 1 heterocycles. The van der Waals surface area contributed by atoms with Gasteiger partial charge in [-0.1, -0.05) is 6.92 Å². The Morgan fingerprint density at radius 2 is 2.16 bits per heavy atom. The summed E-state index contributed by atoms with van der Waals surface area (Å²) in [5.74, 6) is 5.32. The second kappa shape index (κ2) is 5.76. The largest absolute Gasteiger partial charge is 0.394 e. The van der Waals surface area contributed by atoms with E-state index >= 15 is 0 Å². The number of anilines is 2. The van der Waals surface area contributed by atoms with Crippen molar-refractivity contribution in [2.24, 2.45) is 5.84 Å². The molecule has 106 valence electrons. The van der Waals surface area contributed by atoms with E-state index in [4.69, 9.17) is 5.84 Å². The molecule has 0 saturated heterocycles. The third kappa shape index (κ3) is 3.26. The van der Waals surface area contributed by atoms with Crippen LogP contribution < -0.4 is 16.6 Å². The highest BCUT2D eigenvalue weighted by Crippen LogP contribution is 2.29. The summed E-state index contributed by atoms with van der Waals surface area (Å²) in [6, 6.07) is 0. The number of aromatic nitrogens is 2. The molecule has 0 saturated carbocycles. The summed E-state index contributed by atoms with van der Waals surface area (Å²) in [7, 11) is 0. The lowest BCUT2D eigenvalue weighted by Crippen LogP contribution is -2.38. The van der Waals surface area contributed by atoms with Crippen molar-refractivity contribution in [3.63, 3.8) is 0 Å². The Morgan fingerprint density at radius 1 is 1.53 bits per heavy atom. The average Bonchev–Trinajstić information content (AvgIpc) is 2.37. The Bertz CT molecular complexity index is 475. The quantitative estimate of drug-likeness (QED) is 0.334. The number of rotatable bonds is 6. The Balaban J connectivity index is 3.31. The number of nitrogens with zero attached hydrogens (tertiary/aromatic N) is 3. The molecular formula is C10H18N6O3. The van der Waals surface area contributed by atoms with Crippen LogP contribution in [0.15, 0.2) is 0 Å². The number of aryl methyl sites for hydroxylation is 1. The van der Waals surface area contributed by atoms with E-state index in [9.17, 15) is 15.2 Å². The van der Waals surface area contributed by atoms with Gasteiger partial charge in [-0.05, 0) is 20.3 Å². The van der Waals surface area contributed by atoms with E-state index in [0.717, 1.165) is 0 Å². The van der Waals surface area contributed by atoms with Crippen LogP contribution >= 0.6 is 0 Å². The fraction of sp³-hybridized carbons (Fsp3) is 0.600. The maximum Gasteiger partial charge on any atom is 0.332 e. The lowest BCUT2D eigenvalue weighted by atomic mass is 10.0. The number of hydrogen-bond acceptors (Lipinski definition) is 8. The van der Waals surface area contributed by atoms with Gasteiger partial charge in [-0.3, -0.25) is 15.5 Å². The first kappa shape index (κ1) is 15.1. The van der Waals surface area contributed by atoms with Crippen molar-refractivity contribution in [1.29, 1.82) is 0 Å². The summed E-state index contributed by atoms with van der Waals surface area (Å²) in [5, 5.41) is 23.3. The van der Waals surface area contributed by atoms with Gasteiger partial charge in [0.25, 0.3) is 0 Å². The minimum absolute atomic E-state index is 0.0313. The van der Waals surface area contributed by atoms with Crippen LogP contribution in [0.4, 0.5) is 17.5 Å². The maximum absolute atomic E-state index is 11.1. The first-order valence-corrected chi connectivity index (χ1v) is 5.75. The van der Waals surface area contributed by atoms with Crippen LogP contribution in [-0.4, -0.2) is 32.1 Å². The predicted molar refractivity (Wildman–Crippen MR) is 70.6 cm³/mol. The third-order valence-electron chi connectivity index (χ3n) is 2.92. The smallest absolute Gasteiger partial charge is 0.332 e. The van der Waals surface area contributed by atoms with E-state index in [1.54, 1.807) is 6.92 Å². The fourth-order valence-electron chi connectivity index (χ4n) is 1.46. The monoisotopic (exact) mass is 270 g/mol. The topological polar surface area (TPSA) is 139 Å². The summed E-state index contributed by atoms with van der Waals surface area (Å²) in [4.78, 5) is 18.3. The molecule has 1 atom stereocenters. The molecule has 19 heavy (non-hydrogen) atoms. The summed E-state index contributed by atoms with van der Waals surface area (Å²) < 4.78 is 0. The number of nitrogens with two attached hydrogens (primary N) is 1. The number of aliphatic hydroxyl groups is 1. The fourth-order valence-corrected chi connectivity index (χ4v) is 1.46. The summed E-state index contributed by atoms with van der Waals surface area (Å²) in [6.45, 7) is 4.90. The molecule has 0 aliphatic rings. The number of hydrogen-bond donors (Lipinski definition) is 4. The van der Waals surface area contributed by atoms with Gasteiger partial charge < -0.3 is 10.4 Å². The normalized spacial score (nSPS) is 13.7. The van der Waals surface area contributed by atoms with E-state index in [0.29, 0.717) is 6.42 Å². The van der Waals surface area contributed by atoms with Crippen molar-refractivity contribution < 1.29 is 10.0 Å². The van der Waals surface area contributed by atoms with Crippen molar-refractivity contribution in [2.45, 2.75) is 32.7 Å². The van der Waals surface area contributed by atoms with Gasteiger partial charge in [0, 0.05) is 0 Å². The van der Waals surface area contributed by atoms with E-state index in [1.807, 2.05) is 6.92 Å². The molecule has 9 heteroatoms. The molecule has 1 aromatic heterocycles. The molecule has 0 spiro atoms. The zero-order valence-electron chi connectivity index (χ0n) is 11.1. The van der Waals surface area contributed by atoms with Crippen LogP contribution in [0.5, 0.6) is 0 Å². The molecule has 0 aliphatic heterocycles. The van der Waals surface area contributed by atoms with Crippen LogP contribution in [0, 0.1) is 17.0 Å². The Kier molecular flexibility index (Phi) is 4.57. The highest BCUT2D eigenvalue weighted by molar-refractivity contribution is 5.61. The highest BCUT2D eigenvalue weighted by atomic mass is 16.6. The molecule has 0 aromatic carbocycles. The molecule has 0 amide bonds. The SMILES string of the molecule is CCC(C)(CO)Nc1nc(NN)nc(C)c1[N+](=O)[O-]. The van der Waals surface area contributed by atoms with Crippen molar-refractivity contribution in [1.82, 2.24) is 9.97 Å². The first-order valence-electron chi connectivity index (χ1n) is 5.75. The Labute approximate surface area is 110 Å². The van der Waals surface area contributed by atoms with Gasteiger partial charge in [0.1, 0.15) is 5.69 Å². The van der Waals surface area contributed by atoms with Gasteiger partial charge in [0.15, 0.2) is 0 Å². The molecule has 1 unspecified atom stereocenters. The zero-order chi connectivity index (χ0) is 14.6. The van der Waals surface area contributed by atoms with Gasteiger partial charge in [0.2, 0.25) is 11.8 Å². The van der Waals surface area contributed by atoms with Gasteiger partial charge >= 0.3 is 5.69 Å². The maximum atomic E-state index is 11.1. The summed E-state index contributed by atoms with van der Waals surface area (Å²) in [6.07, 6.45) is 0.565. The second-order valence-corrected chi connectivity index (χ2v) is 4.43. The lowest BCUT2D eigenvalue weighted by Gasteiger charge is -2.27. The van der Waals surface area contributed by atoms with Crippen LogP contribution in [0.25, 0.3) is 0 Å². The molecule has 0 fully saturated rings. The van der Waals surface area contributed by atoms with Gasteiger partial charge in [-0.15, -0.1) is 0 Å². The highest BCUT2D eigenvalue weighted by Gasteiger charge is 2.28. The molecule has 1 aromatic rings. The molecule has 9 nitrogen and oxygen atoms in total. The minimum Gasteiger partial charge on any atom is -0.394 e. The zero-order valence-corrected chi connectivity index (χ0v) is 11.1. The standard InChI is InChI=1S/C10H18N6O3/c1-4-10(3,5-17)14-8-7(16(18)19)6(2)12-9(13-8)15-11/h17H,4-5,11H2,1-3H3,(H2,12,13,14,15). The van der Waals surface area contributed by atoms with Gasteiger partial charge in [-0.25, -0.2) is 10.8 Å². The van der Waals surface area contributed by atoms with Crippen molar-refractivity contribution >= 4 is 17.5 Å². The molecule has 1 rings (SSSR count). The van der Waals surface area contributed by atoms with Crippen LogP contribution in [0.1, 0.15) is 26.0 Å². The van der Waals surface area contributed by atoms with Gasteiger partial charge in [-0.2, -0.15) is 4.98 Å². The lowest BCUT2D eigenvalue weighted by molar-refractivity contribution is -0.385. The second-order valence-electron chi connectivity index (χ2n) is 4.43. The number of nitrogen functional groups attached to an aromatic ring is 1. The van der Waals surface area contributed by atoms with E-state index in [-0.39, 0.29) is 29.8 Å². The third-order valence-corrected chi connectivity index (χ3v) is 2.92. The number of aliphatic hydroxyl groups excluding tert-OH is 1. The Morgan fingerprint density at radius 3 is 2.58 bits per heavy atom. The molecule has 0 radical (unpaired) electrons. The van der Waals surface area contributed by atoms with Crippen LogP contribution in [0.2, 0.25) is 0 Å². The van der Waals surface area contributed by atoms with Gasteiger partial charge in [0.05, 0.1) is 17.1 Å². The van der Waals surface area contributed by atoms with Crippen LogP contribution in [0.3, 0.4) is 0 Å². The molecule has 0 aliphatic carbocycles. The van der Waals surface area contributed by atoms with E-state index in [2.05, 4.69) is 20.7 Å². The Hall–Kier alpha value is -2.00. The molecule has 0 bridgehead atoms. The number of nitro groups is 1. The molecular weight excluding hydrogens is 252 g/mol. The van der Waals surface area contributed by atoms with E-state index < -0.39 is 10.5 Å². The number of nitrogens with one attached hydrogen (secondary N) is 2. The van der Waals surface area contributed by atoms with Crippen molar-refractivity contribution in [3.05, 3.63) is 15.8 Å². The minimum atomic E-state index is -0.711. The first-order chi connectivity index (χ1) is 8.86. The number of hydrazine groups is 1. The van der Waals surface area contributed by atoms with E-state index in [1.165, 1.54) is 6.92 Å². The summed E-state index contributed by atoms with van der Waals surface area (Å²) >= 11 is 0. The van der Waals surface area contributed by atoms with Crippen molar-refractivity contribution in [2.75, 3.05) is 17.3 Å². The molecule has 5 N–H and O–H groups in total.